The van der Waals surface area contributed by atoms with E-state index in [2.05, 4.69) is 4.74 Å². The van der Waals surface area contributed by atoms with Crippen molar-refractivity contribution in [1.82, 2.24) is 0 Å². The fourth-order valence-corrected chi connectivity index (χ4v) is 2.03. The third kappa shape index (κ3) is 4.66. The van der Waals surface area contributed by atoms with Gasteiger partial charge in [0.05, 0.1) is 0 Å². The molecule has 0 aromatic heterocycles. The van der Waals surface area contributed by atoms with Crippen molar-refractivity contribution in [1.29, 1.82) is 0 Å². The summed E-state index contributed by atoms with van der Waals surface area (Å²) in [5, 5.41) is 0. The van der Waals surface area contributed by atoms with Gasteiger partial charge in [-0.05, 0) is 23.1 Å². The van der Waals surface area contributed by atoms with E-state index in [4.69, 9.17) is 5.73 Å². The Morgan fingerprint density at radius 3 is 2.04 bits per heavy atom. The van der Waals surface area contributed by atoms with Crippen molar-refractivity contribution < 1.29 is 27.5 Å². The minimum atomic E-state index is -5.23. The Balaban J connectivity index is 1.98. The third-order valence-electron chi connectivity index (χ3n) is 3.24. The first-order valence-corrected chi connectivity index (χ1v) is 7.00. The zero-order valence-corrected chi connectivity index (χ0v) is 12.4. The number of benzene rings is 2. The lowest BCUT2D eigenvalue weighted by atomic mass is 10.0. The molecule has 4 nitrogen and oxygen atoms in total. The number of carbonyl (C=O) groups excluding carboxylic acids is 2. The largest absolute Gasteiger partial charge is 0.491 e. The van der Waals surface area contributed by atoms with Crippen molar-refractivity contribution in [2.75, 3.05) is 0 Å². The molecule has 0 amide bonds. The summed E-state index contributed by atoms with van der Waals surface area (Å²) in [4.78, 5) is 22.0. The van der Waals surface area contributed by atoms with Crippen molar-refractivity contribution >= 4 is 11.9 Å². The standard InChI is InChI=1S/C17H14F3NO3/c18-17(19,20)16(23)24-15(22)14(21)10-11-6-8-13(9-7-11)12-4-2-1-3-5-12/h1-9,14H,10,21H2/t14-/m1/s1. The Morgan fingerprint density at radius 1 is 0.958 bits per heavy atom. The summed E-state index contributed by atoms with van der Waals surface area (Å²) in [6.45, 7) is 0. The molecule has 2 aromatic carbocycles. The normalized spacial score (nSPS) is 12.5. The van der Waals surface area contributed by atoms with Crippen molar-refractivity contribution in [3.8, 4) is 11.1 Å². The van der Waals surface area contributed by atoms with Crippen molar-refractivity contribution in [3.63, 3.8) is 0 Å². The number of carbonyl (C=O) groups is 2. The van der Waals surface area contributed by atoms with Crippen LogP contribution < -0.4 is 5.73 Å². The summed E-state index contributed by atoms with van der Waals surface area (Å²) in [5.41, 5.74) is 8.08. The average Bonchev–Trinajstić information content (AvgIpc) is 2.55. The summed E-state index contributed by atoms with van der Waals surface area (Å²) in [5.74, 6) is -3.98. The van der Waals surface area contributed by atoms with Crippen molar-refractivity contribution in [2.24, 2.45) is 5.73 Å². The number of ether oxygens (including phenoxy) is 1. The van der Waals surface area contributed by atoms with Gasteiger partial charge in [-0.3, -0.25) is 0 Å². The average molecular weight is 337 g/mol. The minimum absolute atomic E-state index is 0.0426. The molecule has 24 heavy (non-hydrogen) atoms. The molecule has 2 N–H and O–H groups in total. The van der Waals surface area contributed by atoms with E-state index in [1.807, 2.05) is 42.5 Å². The van der Waals surface area contributed by atoms with Crippen LogP contribution in [0.15, 0.2) is 54.6 Å². The van der Waals surface area contributed by atoms with Crippen LogP contribution in [-0.2, 0) is 20.7 Å². The van der Waals surface area contributed by atoms with Gasteiger partial charge in [0.15, 0.2) is 0 Å². The molecule has 0 saturated carbocycles. The molecule has 1 atom stereocenters. The van der Waals surface area contributed by atoms with E-state index < -0.39 is 24.2 Å². The highest BCUT2D eigenvalue weighted by molar-refractivity contribution is 5.90. The summed E-state index contributed by atoms with van der Waals surface area (Å²) in [6.07, 6.45) is -5.27. The Kier molecular flexibility index (Phi) is 5.35. The first kappa shape index (κ1) is 17.7. The van der Waals surface area contributed by atoms with Gasteiger partial charge in [-0.25, -0.2) is 9.59 Å². The molecule has 0 fully saturated rings. The monoisotopic (exact) mass is 337 g/mol. The summed E-state index contributed by atoms with van der Waals surface area (Å²) < 4.78 is 39.8. The summed E-state index contributed by atoms with van der Waals surface area (Å²) >= 11 is 0. The molecule has 126 valence electrons. The predicted molar refractivity (Wildman–Crippen MR) is 80.7 cm³/mol. The van der Waals surface area contributed by atoms with E-state index in [0.29, 0.717) is 5.56 Å². The Morgan fingerprint density at radius 2 is 1.50 bits per heavy atom. The highest BCUT2D eigenvalue weighted by Gasteiger charge is 2.43. The molecule has 0 unspecified atom stereocenters. The van der Waals surface area contributed by atoms with E-state index >= 15 is 0 Å². The Bertz CT molecular complexity index is 712. The fraction of sp³-hybridized carbons (Fsp3) is 0.176. The highest BCUT2D eigenvalue weighted by Crippen LogP contribution is 2.20. The molecule has 2 rings (SSSR count). The molecular formula is C17H14F3NO3. The maximum atomic E-state index is 12.0. The van der Waals surface area contributed by atoms with Crippen LogP contribution in [0.3, 0.4) is 0 Å². The maximum absolute atomic E-state index is 12.0. The maximum Gasteiger partial charge on any atom is 0.491 e. The third-order valence-corrected chi connectivity index (χ3v) is 3.24. The molecular weight excluding hydrogens is 323 g/mol. The molecule has 0 aliphatic rings. The SMILES string of the molecule is N[C@H](Cc1ccc(-c2ccccc2)cc1)C(=O)OC(=O)C(F)(F)F. The van der Waals surface area contributed by atoms with Gasteiger partial charge < -0.3 is 10.5 Å². The molecule has 0 saturated heterocycles. The molecule has 0 bridgehead atoms. The van der Waals surface area contributed by atoms with Crippen LogP contribution in [-0.4, -0.2) is 24.2 Å². The van der Waals surface area contributed by atoms with Crippen molar-refractivity contribution in [3.05, 3.63) is 60.2 Å². The molecule has 0 aliphatic heterocycles. The number of esters is 2. The van der Waals surface area contributed by atoms with Crippen LogP contribution >= 0.6 is 0 Å². The number of alkyl halides is 3. The lowest BCUT2D eigenvalue weighted by Gasteiger charge is -2.12. The molecule has 2 aromatic rings. The lowest BCUT2D eigenvalue weighted by molar-refractivity contribution is -0.202. The van der Waals surface area contributed by atoms with E-state index in [0.717, 1.165) is 11.1 Å². The molecule has 0 aliphatic carbocycles. The second-order valence-corrected chi connectivity index (χ2v) is 5.08. The van der Waals surface area contributed by atoms with Gasteiger partial charge in [0, 0.05) is 0 Å². The Labute approximate surface area is 136 Å². The topological polar surface area (TPSA) is 69.4 Å². The summed E-state index contributed by atoms with van der Waals surface area (Å²) in [6, 6.07) is 15.2. The quantitative estimate of drug-likeness (QED) is 0.688. The van der Waals surface area contributed by atoms with Crippen LogP contribution in [0.2, 0.25) is 0 Å². The van der Waals surface area contributed by atoms with Crippen LogP contribution in [0, 0.1) is 0 Å². The highest BCUT2D eigenvalue weighted by atomic mass is 19.4. The van der Waals surface area contributed by atoms with Crippen molar-refractivity contribution in [2.45, 2.75) is 18.6 Å². The van der Waals surface area contributed by atoms with Gasteiger partial charge in [0.1, 0.15) is 6.04 Å². The molecule has 7 heteroatoms. The smallest absolute Gasteiger partial charge is 0.385 e. The number of hydrogen-bond acceptors (Lipinski definition) is 4. The van der Waals surface area contributed by atoms with E-state index in [9.17, 15) is 22.8 Å². The van der Waals surface area contributed by atoms with Gasteiger partial charge in [-0.15, -0.1) is 0 Å². The molecule has 0 spiro atoms. The molecule has 0 radical (unpaired) electrons. The second kappa shape index (κ2) is 7.27. The number of hydrogen-bond donors (Lipinski definition) is 1. The van der Waals surface area contributed by atoms with Crippen LogP contribution in [0.4, 0.5) is 13.2 Å². The summed E-state index contributed by atoms with van der Waals surface area (Å²) in [7, 11) is 0. The van der Waals surface area contributed by atoms with Crippen LogP contribution in [0.5, 0.6) is 0 Å². The van der Waals surface area contributed by atoms with Crippen LogP contribution in [0.1, 0.15) is 5.56 Å². The van der Waals surface area contributed by atoms with Gasteiger partial charge in [-0.1, -0.05) is 54.6 Å². The second-order valence-electron chi connectivity index (χ2n) is 5.08. The first-order chi connectivity index (χ1) is 11.3. The molecule has 0 heterocycles. The Hall–Kier alpha value is -2.67. The predicted octanol–water partition coefficient (Wildman–Crippen LogP) is 2.86. The van der Waals surface area contributed by atoms with Gasteiger partial charge >= 0.3 is 18.1 Å². The number of rotatable bonds is 4. The fourth-order valence-electron chi connectivity index (χ4n) is 2.03. The van der Waals surface area contributed by atoms with Gasteiger partial charge in [0.25, 0.3) is 0 Å². The first-order valence-electron chi connectivity index (χ1n) is 7.00. The van der Waals surface area contributed by atoms with E-state index in [1.54, 1.807) is 12.1 Å². The van der Waals surface area contributed by atoms with E-state index in [-0.39, 0.29) is 6.42 Å². The van der Waals surface area contributed by atoms with Crippen LogP contribution in [0.25, 0.3) is 11.1 Å². The van der Waals surface area contributed by atoms with Gasteiger partial charge in [0.2, 0.25) is 0 Å². The number of halogens is 3. The zero-order chi connectivity index (χ0) is 17.7. The zero-order valence-electron chi connectivity index (χ0n) is 12.4. The minimum Gasteiger partial charge on any atom is -0.385 e. The van der Waals surface area contributed by atoms with Gasteiger partial charge in [-0.2, -0.15) is 13.2 Å². The van der Waals surface area contributed by atoms with E-state index in [1.165, 1.54) is 0 Å². The lowest BCUT2D eigenvalue weighted by Crippen LogP contribution is -2.38. The number of nitrogens with two attached hydrogens (primary N) is 1.